The number of hydrogen-bond donors (Lipinski definition) is 7. The van der Waals surface area contributed by atoms with Crippen LogP contribution in [0, 0.1) is 5.92 Å². The maximum atomic E-state index is 11.1. The Labute approximate surface area is 154 Å². The molecule has 2 aliphatic rings. The van der Waals surface area contributed by atoms with E-state index in [9.17, 15) is 35.4 Å². The van der Waals surface area contributed by atoms with E-state index in [-0.39, 0.29) is 0 Å². The predicted octanol–water partition coefficient (Wildman–Crippen LogP) is -4.01. The Bertz CT molecular complexity index is 487. The van der Waals surface area contributed by atoms with Gasteiger partial charge in [-0.05, 0) is 0 Å². The highest BCUT2D eigenvalue weighted by Crippen LogP contribution is 2.33. The van der Waals surface area contributed by atoms with Crippen LogP contribution >= 0.6 is 0 Å². The van der Waals surface area contributed by atoms with Crippen molar-refractivity contribution < 1.29 is 59.5 Å². The highest BCUT2D eigenvalue weighted by molar-refractivity contribution is 5.67. The first-order chi connectivity index (χ1) is 12.7. The molecular formula is C15H26O12. The molecule has 0 spiro atoms. The molecule has 0 amide bonds. The van der Waals surface area contributed by atoms with Crippen LogP contribution in [-0.4, -0.2) is 117 Å². The molecule has 0 saturated carbocycles. The van der Waals surface area contributed by atoms with Crippen molar-refractivity contribution in [3.05, 3.63) is 0 Å². The van der Waals surface area contributed by atoms with Crippen LogP contribution in [0.15, 0.2) is 0 Å². The van der Waals surface area contributed by atoms with Gasteiger partial charge in [0.05, 0.1) is 25.7 Å². The highest BCUT2D eigenvalue weighted by Gasteiger charge is 2.51. The van der Waals surface area contributed by atoms with Crippen molar-refractivity contribution in [1.82, 2.24) is 0 Å². The van der Waals surface area contributed by atoms with Crippen molar-refractivity contribution >= 4 is 5.97 Å². The number of rotatable bonds is 7. The van der Waals surface area contributed by atoms with Gasteiger partial charge in [0.2, 0.25) is 0 Å². The fourth-order valence-corrected chi connectivity index (χ4v) is 3.27. The van der Waals surface area contributed by atoms with Gasteiger partial charge in [0, 0.05) is 13.0 Å². The Morgan fingerprint density at radius 2 is 1.48 bits per heavy atom. The molecule has 2 aliphatic heterocycles. The van der Waals surface area contributed by atoms with Crippen LogP contribution in [0.2, 0.25) is 0 Å². The number of methoxy groups -OCH3 is 1. The normalized spacial score (nSPS) is 45.6. The van der Waals surface area contributed by atoms with Crippen LogP contribution in [0.4, 0.5) is 0 Å². The number of ether oxygens (including phenoxy) is 4. The van der Waals surface area contributed by atoms with Gasteiger partial charge in [-0.1, -0.05) is 0 Å². The monoisotopic (exact) mass is 398 g/mol. The quantitative estimate of drug-likeness (QED) is 0.220. The van der Waals surface area contributed by atoms with Gasteiger partial charge in [-0.15, -0.1) is 0 Å². The molecule has 2 heterocycles. The van der Waals surface area contributed by atoms with Gasteiger partial charge >= 0.3 is 5.97 Å². The lowest BCUT2D eigenvalue weighted by Crippen LogP contribution is -2.63. The minimum Gasteiger partial charge on any atom is -0.481 e. The van der Waals surface area contributed by atoms with E-state index in [0.29, 0.717) is 0 Å². The van der Waals surface area contributed by atoms with Crippen LogP contribution in [-0.2, 0) is 23.7 Å². The largest absolute Gasteiger partial charge is 0.481 e. The van der Waals surface area contributed by atoms with Crippen LogP contribution < -0.4 is 0 Å². The van der Waals surface area contributed by atoms with Crippen molar-refractivity contribution in [2.45, 2.75) is 61.7 Å². The number of hydrogen-bond acceptors (Lipinski definition) is 11. The van der Waals surface area contributed by atoms with Crippen LogP contribution in [0.5, 0.6) is 0 Å². The molecule has 27 heavy (non-hydrogen) atoms. The number of aliphatic hydroxyl groups excluding tert-OH is 6. The number of carboxylic acids is 1. The molecule has 158 valence electrons. The number of carbonyl (C=O) groups is 1. The predicted molar refractivity (Wildman–Crippen MR) is 83.1 cm³/mol. The minimum absolute atomic E-state index is 0.521. The Kier molecular flexibility index (Phi) is 7.88. The van der Waals surface area contributed by atoms with Gasteiger partial charge in [0.1, 0.15) is 36.6 Å². The summed E-state index contributed by atoms with van der Waals surface area (Å²) in [5.74, 6) is -2.27. The van der Waals surface area contributed by atoms with Crippen molar-refractivity contribution in [1.29, 1.82) is 0 Å². The van der Waals surface area contributed by atoms with Gasteiger partial charge < -0.3 is 54.7 Å². The molecule has 10 atom stereocenters. The first kappa shape index (κ1) is 22.4. The van der Waals surface area contributed by atoms with Gasteiger partial charge in [-0.25, -0.2) is 0 Å². The van der Waals surface area contributed by atoms with E-state index in [1.165, 1.54) is 7.11 Å². The molecule has 0 aromatic carbocycles. The number of carboxylic acid groups (broad SMARTS) is 1. The molecule has 0 aliphatic carbocycles. The first-order valence-electron chi connectivity index (χ1n) is 8.40. The van der Waals surface area contributed by atoms with Crippen LogP contribution in [0.25, 0.3) is 0 Å². The molecule has 0 unspecified atom stereocenters. The van der Waals surface area contributed by atoms with Gasteiger partial charge in [-0.2, -0.15) is 0 Å². The zero-order chi connectivity index (χ0) is 20.3. The summed E-state index contributed by atoms with van der Waals surface area (Å²) >= 11 is 0. The molecule has 7 N–H and O–H groups in total. The zero-order valence-corrected chi connectivity index (χ0v) is 14.6. The molecule has 2 rings (SSSR count). The average molecular weight is 398 g/mol. The molecule has 0 bridgehead atoms. The molecule has 12 nitrogen and oxygen atoms in total. The van der Waals surface area contributed by atoms with Gasteiger partial charge in [0.15, 0.2) is 12.6 Å². The van der Waals surface area contributed by atoms with Gasteiger partial charge in [-0.3, -0.25) is 4.79 Å². The Hall–Kier alpha value is -0.930. The third-order valence-corrected chi connectivity index (χ3v) is 4.76. The summed E-state index contributed by atoms with van der Waals surface area (Å²) in [7, 11) is 1.25. The van der Waals surface area contributed by atoms with Crippen molar-refractivity contribution in [3.8, 4) is 0 Å². The molecule has 2 fully saturated rings. The second-order valence-corrected chi connectivity index (χ2v) is 6.51. The summed E-state index contributed by atoms with van der Waals surface area (Å²) in [4.78, 5) is 11.1. The van der Waals surface area contributed by atoms with E-state index in [1.54, 1.807) is 0 Å². The number of aliphatic hydroxyl groups is 6. The van der Waals surface area contributed by atoms with E-state index in [0.717, 1.165) is 0 Å². The zero-order valence-electron chi connectivity index (χ0n) is 14.6. The fourth-order valence-electron chi connectivity index (χ4n) is 3.27. The van der Waals surface area contributed by atoms with Gasteiger partial charge in [0.25, 0.3) is 0 Å². The summed E-state index contributed by atoms with van der Waals surface area (Å²) in [6, 6.07) is 0. The van der Waals surface area contributed by atoms with Crippen LogP contribution in [0.3, 0.4) is 0 Å². The lowest BCUT2D eigenvalue weighted by atomic mass is 9.88. The van der Waals surface area contributed by atoms with Crippen molar-refractivity contribution in [3.63, 3.8) is 0 Å². The Morgan fingerprint density at radius 3 is 2.00 bits per heavy atom. The summed E-state index contributed by atoms with van der Waals surface area (Å²) in [5, 5.41) is 68.0. The second kappa shape index (κ2) is 9.52. The van der Waals surface area contributed by atoms with Crippen LogP contribution in [0.1, 0.15) is 6.42 Å². The maximum Gasteiger partial charge on any atom is 0.303 e. The Morgan fingerprint density at radius 1 is 0.889 bits per heavy atom. The third kappa shape index (κ3) is 4.74. The topological polar surface area (TPSA) is 196 Å². The second-order valence-electron chi connectivity index (χ2n) is 6.51. The third-order valence-electron chi connectivity index (χ3n) is 4.76. The first-order valence-corrected chi connectivity index (χ1v) is 8.40. The van der Waals surface area contributed by atoms with E-state index < -0.39 is 86.8 Å². The lowest BCUT2D eigenvalue weighted by Gasteiger charge is -2.46. The lowest BCUT2D eigenvalue weighted by molar-refractivity contribution is -0.352. The van der Waals surface area contributed by atoms with Crippen molar-refractivity contribution in [2.75, 3.05) is 20.3 Å². The van der Waals surface area contributed by atoms with Crippen molar-refractivity contribution in [2.24, 2.45) is 5.92 Å². The highest BCUT2D eigenvalue weighted by atomic mass is 16.7. The molecule has 12 heteroatoms. The average Bonchev–Trinajstić information content (AvgIpc) is 2.64. The Balaban J connectivity index is 2.19. The smallest absolute Gasteiger partial charge is 0.303 e. The summed E-state index contributed by atoms with van der Waals surface area (Å²) in [6.45, 7) is -1.30. The fraction of sp³-hybridized carbons (Fsp3) is 0.933. The molecular weight excluding hydrogens is 372 g/mol. The van der Waals surface area contributed by atoms with E-state index in [4.69, 9.17) is 24.1 Å². The summed E-state index contributed by atoms with van der Waals surface area (Å²) in [5.41, 5.74) is 0. The molecule has 2 saturated heterocycles. The van der Waals surface area contributed by atoms with E-state index in [1.807, 2.05) is 0 Å². The standard InChI is InChI=1S/C15H26O12/c1-24-14-5(2-8(18)19)9(20)13(7(4-17)26-14)27-15-12(23)11(22)10(21)6(3-16)25-15/h5-7,9-17,20-23H,2-4H2,1H3,(H,18,19)/t5-,6-,7-,9-,10+,11+,12-,13-,14-,15+/m1/s1. The van der Waals surface area contributed by atoms with E-state index in [2.05, 4.69) is 0 Å². The summed E-state index contributed by atoms with van der Waals surface area (Å²) in [6.07, 6.45) is -13.5. The SMILES string of the molecule is CO[C@@H]1O[C@H](CO)[C@@H](O[C@@H]2O[C@H](CO)[C@H](O)[C@H](O)[C@H]2O)[C@H](O)[C@H]1CC(=O)O. The number of aliphatic carboxylic acids is 1. The molecule has 0 radical (unpaired) electrons. The maximum absolute atomic E-state index is 11.1. The van der Waals surface area contributed by atoms with E-state index >= 15 is 0 Å². The molecule has 0 aromatic rings. The minimum atomic E-state index is -1.73. The molecule has 0 aromatic heterocycles. The summed E-state index contributed by atoms with van der Waals surface area (Å²) < 4.78 is 21.2.